The van der Waals surface area contributed by atoms with Gasteiger partial charge in [0.15, 0.2) is 17.4 Å². The first-order valence-electron chi connectivity index (χ1n) is 8.65. The molecule has 2 aromatic heterocycles. The van der Waals surface area contributed by atoms with Crippen molar-refractivity contribution in [3.63, 3.8) is 0 Å². The highest BCUT2D eigenvalue weighted by atomic mass is 16.6. The van der Waals surface area contributed by atoms with Crippen molar-refractivity contribution in [3.8, 4) is 0 Å². The van der Waals surface area contributed by atoms with Crippen LogP contribution in [0.15, 0.2) is 11.1 Å². The number of aromatic amines is 1. The number of quaternary nitrogens is 1. The van der Waals surface area contributed by atoms with Gasteiger partial charge >= 0.3 is 0 Å². The van der Waals surface area contributed by atoms with Crippen LogP contribution in [-0.2, 0) is 4.74 Å². The number of anilines is 1. The van der Waals surface area contributed by atoms with Gasteiger partial charge < -0.3 is 34.8 Å². The highest BCUT2D eigenvalue weighted by molar-refractivity contribution is 5.73. The van der Waals surface area contributed by atoms with Gasteiger partial charge in [-0.1, -0.05) is 0 Å². The number of rotatable bonds is 3. The number of likely N-dealkylation sites (N-methyl/N-ethyl adjacent to an activating group) is 1. The van der Waals surface area contributed by atoms with E-state index in [0.717, 1.165) is 26.2 Å². The molecule has 142 valence electrons. The molecule has 5 N–H and O–H groups in total. The monoisotopic (exact) mass is 367 g/mol. The summed E-state index contributed by atoms with van der Waals surface area (Å²) in [6, 6.07) is 0. The summed E-state index contributed by atoms with van der Waals surface area (Å²) in [5.41, 5.74) is 0.0258. The van der Waals surface area contributed by atoms with Gasteiger partial charge in [-0.2, -0.15) is 0 Å². The van der Waals surface area contributed by atoms with Crippen LogP contribution < -0.4 is 15.4 Å². The van der Waals surface area contributed by atoms with Crippen molar-refractivity contribution in [3.05, 3.63) is 16.7 Å². The first kappa shape index (κ1) is 17.4. The fraction of sp³-hybridized carbons (Fsp3) is 0.667. The fourth-order valence-electron chi connectivity index (χ4n) is 3.55. The largest absolute Gasteiger partial charge is 0.394 e. The molecular formula is C15H23N6O5+. The summed E-state index contributed by atoms with van der Waals surface area (Å²) >= 11 is 0. The van der Waals surface area contributed by atoms with Crippen LogP contribution in [0.3, 0.4) is 0 Å². The van der Waals surface area contributed by atoms with Crippen LogP contribution in [0.1, 0.15) is 6.23 Å². The SMILES string of the molecule is C[NH+]1CCN(c2nc3c(=O)[nH]cnc3n2[C@@H]2O[C@@H](CO)[C@@H](O)[C@@H]2O)CC1. The number of nitrogens with zero attached hydrogens (tertiary/aromatic N) is 4. The lowest BCUT2D eigenvalue weighted by molar-refractivity contribution is -0.880. The molecule has 4 rings (SSSR count). The second-order valence-electron chi connectivity index (χ2n) is 6.86. The lowest BCUT2D eigenvalue weighted by atomic mass is 10.1. The van der Waals surface area contributed by atoms with E-state index in [9.17, 15) is 20.1 Å². The molecule has 0 bridgehead atoms. The molecule has 0 aliphatic carbocycles. The van der Waals surface area contributed by atoms with E-state index in [2.05, 4.69) is 22.0 Å². The maximum absolute atomic E-state index is 12.2. The number of imidazole rings is 1. The van der Waals surface area contributed by atoms with Gasteiger partial charge in [0.2, 0.25) is 5.95 Å². The molecule has 4 atom stereocenters. The number of piperazine rings is 1. The summed E-state index contributed by atoms with van der Waals surface area (Å²) in [5.74, 6) is 0.464. The number of ether oxygens (including phenoxy) is 1. The number of H-pyrrole nitrogens is 1. The summed E-state index contributed by atoms with van der Waals surface area (Å²) in [4.78, 5) is 26.7. The minimum Gasteiger partial charge on any atom is -0.394 e. The molecule has 4 heterocycles. The number of nitrogens with one attached hydrogen (secondary N) is 2. The van der Waals surface area contributed by atoms with Crippen molar-refractivity contribution in [2.75, 3.05) is 44.7 Å². The zero-order chi connectivity index (χ0) is 18.4. The molecule has 11 nitrogen and oxygen atoms in total. The van der Waals surface area contributed by atoms with Crippen LogP contribution >= 0.6 is 0 Å². The zero-order valence-electron chi connectivity index (χ0n) is 14.4. The van der Waals surface area contributed by atoms with E-state index in [1.807, 2.05) is 4.90 Å². The Hall–Kier alpha value is -2.05. The minimum atomic E-state index is -1.28. The van der Waals surface area contributed by atoms with Crippen LogP contribution in [-0.4, -0.2) is 93.0 Å². The lowest BCUT2D eigenvalue weighted by Gasteiger charge is -2.32. The Labute approximate surface area is 148 Å². The maximum Gasteiger partial charge on any atom is 0.278 e. The maximum atomic E-state index is 12.2. The number of aliphatic hydroxyl groups excluding tert-OH is 3. The Balaban J connectivity index is 1.83. The van der Waals surface area contributed by atoms with E-state index < -0.39 is 31.1 Å². The van der Waals surface area contributed by atoms with Gasteiger partial charge in [0.25, 0.3) is 5.56 Å². The van der Waals surface area contributed by atoms with Crippen molar-refractivity contribution >= 4 is 17.1 Å². The van der Waals surface area contributed by atoms with E-state index in [1.54, 1.807) is 4.57 Å². The molecule has 0 spiro atoms. The van der Waals surface area contributed by atoms with Crippen molar-refractivity contribution in [1.29, 1.82) is 0 Å². The Morgan fingerprint density at radius 2 is 2.08 bits per heavy atom. The summed E-state index contributed by atoms with van der Waals surface area (Å²) in [5, 5.41) is 29.9. The second kappa shape index (κ2) is 6.59. The summed E-state index contributed by atoms with van der Waals surface area (Å²) in [6.07, 6.45) is -3.17. The Morgan fingerprint density at radius 1 is 1.35 bits per heavy atom. The molecule has 0 amide bonds. The number of fused-ring (bicyclic) bond motifs is 1. The summed E-state index contributed by atoms with van der Waals surface area (Å²) < 4.78 is 7.22. The molecule has 0 radical (unpaired) electrons. The molecule has 2 aromatic rings. The van der Waals surface area contributed by atoms with Crippen molar-refractivity contribution in [2.24, 2.45) is 0 Å². The molecule has 11 heteroatoms. The zero-order valence-corrected chi connectivity index (χ0v) is 14.4. The standard InChI is InChI=1S/C15H22N6O5/c1-19-2-4-20(5-3-19)15-18-9-12(16-7-17-13(9)25)21(15)14-11(24)10(23)8(6-22)26-14/h7-8,10-11,14,22-24H,2-6H2,1H3,(H,16,17,25)/p+1/t8-,10+,11-,14+/m0/s1. The average Bonchev–Trinajstić information content (AvgIpc) is 3.15. The highest BCUT2D eigenvalue weighted by Gasteiger charge is 2.45. The van der Waals surface area contributed by atoms with Crippen molar-refractivity contribution in [2.45, 2.75) is 24.5 Å². The number of hydrogen-bond donors (Lipinski definition) is 5. The second-order valence-corrected chi connectivity index (χ2v) is 6.86. The van der Waals surface area contributed by atoms with Gasteiger partial charge in [-0.05, 0) is 0 Å². The third-order valence-electron chi connectivity index (χ3n) is 5.14. The van der Waals surface area contributed by atoms with Crippen LogP contribution in [0.5, 0.6) is 0 Å². The topological polar surface area (TPSA) is 141 Å². The molecule has 2 fully saturated rings. The third-order valence-corrected chi connectivity index (χ3v) is 5.14. The number of aromatic nitrogens is 4. The molecule has 2 aliphatic heterocycles. The van der Waals surface area contributed by atoms with E-state index in [0.29, 0.717) is 5.95 Å². The Morgan fingerprint density at radius 3 is 2.73 bits per heavy atom. The summed E-state index contributed by atoms with van der Waals surface area (Å²) in [6.45, 7) is 2.83. The molecule has 26 heavy (non-hydrogen) atoms. The quantitative estimate of drug-likeness (QED) is 0.370. The fourth-order valence-corrected chi connectivity index (χ4v) is 3.55. The van der Waals surface area contributed by atoms with E-state index in [1.165, 1.54) is 11.2 Å². The van der Waals surface area contributed by atoms with Gasteiger partial charge in [0.1, 0.15) is 18.3 Å². The van der Waals surface area contributed by atoms with Gasteiger partial charge in [-0.3, -0.25) is 9.36 Å². The van der Waals surface area contributed by atoms with Crippen LogP contribution in [0.2, 0.25) is 0 Å². The van der Waals surface area contributed by atoms with Gasteiger partial charge in [0, 0.05) is 0 Å². The molecule has 0 unspecified atom stereocenters. The van der Waals surface area contributed by atoms with Gasteiger partial charge in [-0.25, -0.2) is 9.97 Å². The van der Waals surface area contributed by atoms with Crippen LogP contribution in [0, 0.1) is 0 Å². The first-order chi connectivity index (χ1) is 12.5. The lowest BCUT2D eigenvalue weighted by Crippen LogP contribution is -3.12. The third kappa shape index (κ3) is 2.68. The number of hydrogen-bond acceptors (Lipinski definition) is 8. The number of aliphatic hydroxyl groups is 3. The van der Waals surface area contributed by atoms with Crippen LogP contribution in [0.25, 0.3) is 11.2 Å². The predicted octanol–water partition coefficient (Wildman–Crippen LogP) is -3.93. The molecule has 0 aromatic carbocycles. The van der Waals surface area contributed by atoms with E-state index in [-0.39, 0.29) is 16.7 Å². The first-order valence-corrected chi connectivity index (χ1v) is 8.65. The summed E-state index contributed by atoms with van der Waals surface area (Å²) in [7, 11) is 2.11. The van der Waals surface area contributed by atoms with E-state index >= 15 is 0 Å². The molecule has 2 saturated heterocycles. The predicted molar refractivity (Wildman–Crippen MR) is 90.0 cm³/mol. The van der Waals surface area contributed by atoms with Gasteiger partial charge in [0.05, 0.1) is 46.2 Å². The molecule has 0 saturated carbocycles. The minimum absolute atomic E-state index is 0.145. The Kier molecular flexibility index (Phi) is 4.40. The normalized spacial score (nSPS) is 30.4. The van der Waals surface area contributed by atoms with Crippen molar-refractivity contribution in [1.82, 2.24) is 19.5 Å². The van der Waals surface area contributed by atoms with Crippen molar-refractivity contribution < 1.29 is 25.0 Å². The van der Waals surface area contributed by atoms with Gasteiger partial charge in [-0.15, -0.1) is 0 Å². The smallest absolute Gasteiger partial charge is 0.278 e. The average molecular weight is 367 g/mol. The molecule has 2 aliphatic rings. The van der Waals surface area contributed by atoms with E-state index in [4.69, 9.17) is 4.74 Å². The van der Waals surface area contributed by atoms with Crippen LogP contribution in [0.4, 0.5) is 5.95 Å². The highest BCUT2D eigenvalue weighted by Crippen LogP contribution is 2.34. The Bertz CT molecular complexity index is 845. The molecular weight excluding hydrogens is 344 g/mol.